The zero-order valence-corrected chi connectivity index (χ0v) is 13.0. The summed E-state index contributed by atoms with van der Waals surface area (Å²) in [6, 6.07) is 0. The van der Waals surface area contributed by atoms with Crippen LogP contribution in [0.1, 0.15) is 44.3 Å². The molecule has 0 aromatic carbocycles. The van der Waals surface area contributed by atoms with Crippen molar-refractivity contribution in [3.63, 3.8) is 0 Å². The van der Waals surface area contributed by atoms with Crippen LogP contribution in [0.2, 0.25) is 0 Å². The molecule has 0 aliphatic heterocycles. The Hall–Kier alpha value is -1.80. The summed E-state index contributed by atoms with van der Waals surface area (Å²) in [6.07, 6.45) is 1.34. The van der Waals surface area contributed by atoms with Crippen LogP contribution in [0.25, 0.3) is 0 Å². The summed E-state index contributed by atoms with van der Waals surface area (Å²) >= 11 is 0. The Morgan fingerprint density at radius 3 is 2.57 bits per heavy atom. The lowest BCUT2D eigenvalue weighted by Gasteiger charge is -2.08. The van der Waals surface area contributed by atoms with Crippen molar-refractivity contribution >= 4 is 5.91 Å². The molecule has 6 nitrogen and oxygen atoms in total. The molecule has 0 saturated heterocycles. The van der Waals surface area contributed by atoms with Gasteiger partial charge in [-0.25, -0.2) is 9.48 Å². The van der Waals surface area contributed by atoms with E-state index >= 15 is 0 Å². The first-order valence-electron chi connectivity index (χ1n) is 7.76. The number of carbonyl (C=O) groups is 1. The predicted octanol–water partition coefficient (Wildman–Crippen LogP) is 1.69. The van der Waals surface area contributed by atoms with Crippen molar-refractivity contribution < 1.29 is 18.0 Å². The number of hydrogen-bond acceptors (Lipinski definition) is 3. The van der Waals surface area contributed by atoms with Crippen LogP contribution in [-0.2, 0) is 24.6 Å². The molecule has 0 bridgehead atoms. The molecule has 1 fully saturated rings. The zero-order chi connectivity index (χ0) is 17.0. The third kappa shape index (κ3) is 4.59. The zero-order valence-electron chi connectivity index (χ0n) is 13.0. The molecule has 0 unspecified atom stereocenters. The Balaban J connectivity index is 1.79. The molecule has 1 amide bonds. The van der Waals surface area contributed by atoms with Gasteiger partial charge in [0.05, 0.1) is 6.54 Å². The average Bonchev–Trinajstić information content (AvgIpc) is 3.07. The first-order chi connectivity index (χ1) is 10.8. The molecule has 1 N–H and O–H groups in total. The molecule has 1 heterocycles. The SMILES string of the molecule is Cn1c(C(F)(F)F)nn(CCNC(=O)CCC2CCCC2)c1=O. The molecule has 23 heavy (non-hydrogen) atoms. The van der Waals surface area contributed by atoms with Gasteiger partial charge in [0.2, 0.25) is 11.7 Å². The smallest absolute Gasteiger partial charge is 0.354 e. The Bertz CT molecular complexity index is 600. The molecule has 2 rings (SSSR count). The summed E-state index contributed by atoms with van der Waals surface area (Å²) in [7, 11) is 1.02. The molecular formula is C14H21F3N4O2. The Labute approximate surface area is 131 Å². The summed E-state index contributed by atoms with van der Waals surface area (Å²) in [5.74, 6) is -0.777. The largest absolute Gasteiger partial charge is 0.451 e. The Morgan fingerprint density at radius 2 is 2.00 bits per heavy atom. The van der Waals surface area contributed by atoms with Crippen molar-refractivity contribution in [2.24, 2.45) is 13.0 Å². The minimum Gasteiger partial charge on any atom is -0.354 e. The molecule has 1 aromatic heterocycles. The lowest BCUT2D eigenvalue weighted by Crippen LogP contribution is -2.31. The van der Waals surface area contributed by atoms with Crippen LogP contribution in [0.15, 0.2) is 4.79 Å². The molecule has 130 valence electrons. The van der Waals surface area contributed by atoms with E-state index in [-0.39, 0.29) is 19.0 Å². The van der Waals surface area contributed by atoms with Crippen LogP contribution in [0.4, 0.5) is 13.2 Å². The first-order valence-corrected chi connectivity index (χ1v) is 7.76. The molecule has 1 saturated carbocycles. The van der Waals surface area contributed by atoms with Crippen molar-refractivity contribution in [3.05, 3.63) is 16.3 Å². The van der Waals surface area contributed by atoms with Gasteiger partial charge in [0.1, 0.15) is 0 Å². The lowest BCUT2D eigenvalue weighted by atomic mass is 10.0. The Morgan fingerprint density at radius 1 is 1.35 bits per heavy atom. The maximum Gasteiger partial charge on any atom is 0.451 e. The van der Waals surface area contributed by atoms with Crippen molar-refractivity contribution in [2.75, 3.05) is 6.54 Å². The van der Waals surface area contributed by atoms with Gasteiger partial charge in [-0.3, -0.25) is 9.36 Å². The van der Waals surface area contributed by atoms with E-state index in [1.807, 2.05) is 0 Å². The van der Waals surface area contributed by atoms with Crippen LogP contribution >= 0.6 is 0 Å². The van der Waals surface area contributed by atoms with Crippen molar-refractivity contribution in [2.45, 2.75) is 51.2 Å². The van der Waals surface area contributed by atoms with E-state index in [0.29, 0.717) is 16.9 Å². The molecule has 0 atom stereocenters. The minimum atomic E-state index is -4.68. The van der Waals surface area contributed by atoms with Crippen LogP contribution in [-0.4, -0.2) is 26.8 Å². The summed E-state index contributed by atoms with van der Waals surface area (Å²) in [6.45, 7) is -0.00433. The number of rotatable bonds is 6. The normalized spacial score (nSPS) is 16.0. The van der Waals surface area contributed by atoms with Crippen LogP contribution in [0.5, 0.6) is 0 Å². The topological polar surface area (TPSA) is 68.9 Å². The monoisotopic (exact) mass is 334 g/mol. The second kappa shape index (κ2) is 7.18. The van der Waals surface area contributed by atoms with E-state index < -0.39 is 17.7 Å². The number of aromatic nitrogens is 3. The van der Waals surface area contributed by atoms with E-state index in [4.69, 9.17) is 0 Å². The number of amides is 1. The van der Waals surface area contributed by atoms with Crippen LogP contribution in [0.3, 0.4) is 0 Å². The highest BCUT2D eigenvalue weighted by molar-refractivity contribution is 5.75. The molecule has 1 aliphatic rings. The maximum atomic E-state index is 12.6. The minimum absolute atomic E-state index is 0.0811. The van der Waals surface area contributed by atoms with Crippen molar-refractivity contribution in [1.82, 2.24) is 19.7 Å². The second-order valence-corrected chi connectivity index (χ2v) is 5.93. The summed E-state index contributed by atoms with van der Waals surface area (Å²) in [5.41, 5.74) is -0.850. The van der Waals surface area contributed by atoms with Crippen LogP contribution in [0, 0.1) is 5.92 Å². The van der Waals surface area contributed by atoms with Gasteiger partial charge in [-0.1, -0.05) is 25.7 Å². The predicted molar refractivity (Wildman–Crippen MR) is 76.7 cm³/mol. The number of nitrogens with one attached hydrogen (secondary N) is 1. The number of hydrogen-bond donors (Lipinski definition) is 1. The highest BCUT2D eigenvalue weighted by Crippen LogP contribution is 2.28. The molecule has 1 aromatic rings. The van der Waals surface area contributed by atoms with E-state index in [1.165, 1.54) is 12.8 Å². The van der Waals surface area contributed by atoms with Gasteiger partial charge in [-0.15, -0.1) is 5.10 Å². The van der Waals surface area contributed by atoms with Gasteiger partial charge in [0.25, 0.3) is 0 Å². The molecule has 1 aliphatic carbocycles. The fourth-order valence-corrected chi connectivity index (χ4v) is 2.90. The van der Waals surface area contributed by atoms with Gasteiger partial charge in [-0.05, 0) is 12.3 Å². The molecule has 0 radical (unpaired) electrons. The van der Waals surface area contributed by atoms with E-state index in [2.05, 4.69) is 10.4 Å². The third-order valence-electron chi connectivity index (χ3n) is 4.19. The molecular weight excluding hydrogens is 313 g/mol. The number of alkyl halides is 3. The second-order valence-electron chi connectivity index (χ2n) is 5.93. The summed E-state index contributed by atoms with van der Waals surface area (Å²) < 4.78 is 39.1. The number of nitrogens with zero attached hydrogens (tertiary/aromatic N) is 3. The van der Waals surface area contributed by atoms with E-state index in [0.717, 1.165) is 31.0 Å². The van der Waals surface area contributed by atoms with E-state index in [1.54, 1.807) is 0 Å². The van der Waals surface area contributed by atoms with Crippen LogP contribution < -0.4 is 11.0 Å². The van der Waals surface area contributed by atoms with Gasteiger partial charge in [-0.2, -0.15) is 13.2 Å². The highest BCUT2D eigenvalue weighted by Gasteiger charge is 2.37. The standard InChI is InChI=1S/C14H21F3N4O2/c1-20-12(14(15,16)17)19-21(13(20)23)9-8-18-11(22)7-6-10-4-2-3-5-10/h10H,2-9H2,1H3,(H,18,22). The number of carbonyl (C=O) groups excluding carboxylic acids is 1. The average molecular weight is 334 g/mol. The summed E-state index contributed by atoms with van der Waals surface area (Å²) in [5, 5.41) is 5.90. The van der Waals surface area contributed by atoms with Crippen molar-refractivity contribution in [1.29, 1.82) is 0 Å². The molecule has 9 heteroatoms. The van der Waals surface area contributed by atoms with Gasteiger partial charge in [0, 0.05) is 20.0 Å². The number of halogens is 3. The van der Waals surface area contributed by atoms with E-state index in [9.17, 15) is 22.8 Å². The fourth-order valence-electron chi connectivity index (χ4n) is 2.90. The first kappa shape index (κ1) is 17.6. The quantitative estimate of drug-likeness (QED) is 0.861. The fraction of sp³-hybridized carbons (Fsp3) is 0.786. The molecule has 0 spiro atoms. The van der Waals surface area contributed by atoms with Crippen molar-refractivity contribution in [3.8, 4) is 0 Å². The van der Waals surface area contributed by atoms with Gasteiger partial charge in [0.15, 0.2) is 0 Å². The third-order valence-corrected chi connectivity index (χ3v) is 4.19. The van der Waals surface area contributed by atoms with Gasteiger partial charge < -0.3 is 5.32 Å². The summed E-state index contributed by atoms with van der Waals surface area (Å²) in [4.78, 5) is 23.4. The Kier molecular flexibility index (Phi) is 5.48. The van der Waals surface area contributed by atoms with Gasteiger partial charge >= 0.3 is 11.9 Å². The maximum absolute atomic E-state index is 12.6. The lowest BCUT2D eigenvalue weighted by molar-refractivity contribution is -0.147. The highest BCUT2D eigenvalue weighted by atomic mass is 19.4.